The molecule has 1 N–H and O–H groups in total. The Morgan fingerprint density at radius 1 is 1.43 bits per heavy atom. The van der Waals surface area contributed by atoms with Gasteiger partial charge in [-0.15, -0.1) is 11.6 Å². The Hall–Kier alpha value is 0.160. The molecule has 1 rings (SSSR count). The average Bonchev–Trinajstić information content (AvgIpc) is 2.54. The van der Waals surface area contributed by atoms with Gasteiger partial charge in [0, 0.05) is 25.0 Å². The van der Waals surface area contributed by atoms with E-state index in [2.05, 4.69) is 4.72 Å². The van der Waals surface area contributed by atoms with Crippen molar-refractivity contribution in [1.29, 1.82) is 0 Å². The fourth-order valence-corrected chi connectivity index (χ4v) is 2.81. The van der Waals surface area contributed by atoms with Crippen molar-refractivity contribution in [2.24, 2.45) is 0 Å². The molecule has 0 aromatic carbocycles. The maximum Gasteiger partial charge on any atom is 0.279 e. The number of rotatable bonds is 5. The van der Waals surface area contributed by atoms with Crippen molar-refractivity contribution in [2.75, 3.05) is 19.6 Å². The zero-order valence-electron chi connectivity index (χ0n) is 8.37. The Balaban J connectivity index is 2.34. The smallest absolute Gasteiger partial charge is 0.202 e. The van der Waals surface area contributed by atoms with Gasteiger partial charge in [0.2, 0.25) is 0 Å². The first-order valence-corrected chi connectivity index (χ1v) is 6.79. The van der Waals surface area contributed by atoms with Gasteiger partial charge in [-0.25, -0.2) is 4.72 Å². The van der Waals surface area contributed by atoms with Gasteiger partial charge in [-0.2, -0.15) is 12.7 Å². The summed E-state index contributed by atoms with van der Waals surface area (Å²) < 4.78 is 27.2. The first kappa shape index (κ1) is 12.2. The van der Waals surface area contributed by atoms with Crippen LogP contribution < -0.4 is 4.72 Å². The lowest BCUT2D eigenvalue weighted by atomic mass is 10.3. The molecule has 6 heteroatoms. The number of nitrogens with one attached hydrogen (secondary N) is 1. The number of hydrogen-bond donors (Lipinski definition) is 1. The summed E-state index contributed by atoms with van der Waals surface area (Å²) in [5.41, 5.74) is 0. The molecule has 0 aromatic heterocycles. The van der Waals surface area contributed by atoms with Crippen molar-refractivity contribution >= 4 is 21.8 Å². The number of hydrogen-bond acceptors (Lipinski definition) is 2. The van der Waals surface area contributed by atoms with Crippen LogP contribution in [-0.4, -0.2) is 37.7 Å². The molecule has 1 heterocycles. The second-order valence-electron chi connectivity index (χ2n) is 3.57. The van der Waals surface area contributed by atoms with Crippen molar-refractivity contribution in [3.05, 3.63) is 0 Å². The van der Waals surface area contributed by atoms with Crippen molar-refractivity contribution in [3.63, 3.8) is 0 Å². The molecular formula is C8H17ClN2O2S. The van der Waals surface area contributed by atoms with Gasteiger partial charge < -0.3 is 0 Å². The third-order valence-corrected chi connectivity index (χ3v) is 4.06. The van der Waals surface area contributed by atoms with Crippen LogP contribution in [0.5, 0.6) is 0 Å². The van der Waals surface area contributed by atoms with Crippen molar-refractivity contribution < 1.29 is 8.42 Å². The van der Waals surface area contributed by atoms with Crippen LogP contribution in [-0.2, 0) is 10.2 Å². The largest absolute Gasteiger partial charge is 0.279 e. The molecule has 84 valence electrons. The summed E-state index contributed by atoms with van der Waals surface area (Å²) >= 11 is 5.72. The molecule has 14 heavy (non-hydrogen) atoms. The monoisotopic (exact) mass is 240 g/mol. The first-order chi connectivity index (χ1) is 6.52. The van der Waals surface area contributed by atoms with Crippen LogP contribution in [0.3, 0.4) is 0 Å². The maximum atomic E-state index is 11.6. The van der Waals surface area contributed by atoms with Crippen LogP contribution in [0.4, 0.5) is 0 Å². The predicted molar refractivity (Wildman–Crippen MR) is 57.7 cm³/mol. The summed E-state index contributed by atoms with van der Waals surface area (Å²) in [4.78, 5) is 0. The molecule has 0 amide bonds. The molecular weight excluding hydrogens is 224 g/mol. The molecule has 1 aliphatic rings. The van der Waals surface area contributed by atoms with Gasteiger partial charge in [0.15, 0.2) is 0 Å². The number of alkyl halides is 1. The number of nitrogens with zero attached hydrogens (tertiary/aromatic N) is 1. The average molecular weight is 241 g/mol. The lowest BCUT2D eigenvalue weighted by Crippen LogP contribution is -2.39. The lowest BCUT2D eigenvalue weighted by molar-refractivity contribution is 0.464. The maximum absolute atomic E-state index is 11.6. The Bertz CT molecular complexity index is 261. The normalized spacial score (nSPS) is 21.3. The molecule has 0 saturated carbocycles. The predicted octanol–water partition coefficient (Wildman–Crippen LogP) is 0.934. The quantitative estimate of drug-likeness (QED) is 0.727. The highest BCUT2D eigenvalue weighted by Crippen LogP contribution is 2.11. The molecule has 1 fully saturated rings. The van der Waals surface area contributed by atoms with E-state index < -0.39 is 10.2 Å². The topological polar surface area (TPSA) is 49.4 Å². The molecule has 1 aliphatic heterocycles. The van der Waals surface area contributed by atoms with E-state index in [1.165, 1.54) is 4.31 Å². The van der Waals surface area contributed by atoms with Crippen molar-refractivity contribution in [1.82, 2.24) is 9.03 Å². The van der Waals surface area contributed by atoms with E-state index in [0.29, 0.717) is 26.1 Å². The van der Waals surface area contributed by atoms with Gasteiger partial charge in [-0.1, -0.05) is 0 Å². The SMILES string of the molecule is CC(Cl)CCNS(=O)(=O)N1CCCC1. The molecule has 0 radical (unpaired) electrons. The molecule has 1 saturated heterocycles. The number of halogens is 1. The van der Waals surface area contributed by atoms with E-state index in [4.69, 9.17) is 11.6 Å². The van der Waals surface area contributed by atoms with Gasteiger partial charge in [-0.3, -0.25) is 0 Å². The summed E-state index contributed by atoms with van der Waals surface area (Å²) in [5.74, 6) is 0. The molecule has 1 atom stereocenters. The highest BCUT2D eigenvalue weighted by Gasteiger charge is 2.24. The van der Waals surface area contributed by atoms with Crippen LogP contribution in [0.2, 0.25) is 0 Å². The zero-order valence-corrected chi connectivity index (χ0v) is 9.94. The van der Waals surface area contributed by atoms with E-state index in [9.17, 15) is 8.42 Å². The molecule has 1 unspecified atom stereocenters. The van der Waals surface area contributed by atoms with Gasteiger partial charge in [-0.05, 0) is 26.2 Å². The molecule has 4 nitrogen and oxygen atoms in total. The van der Waals surface area contributed by atoms with E-state index in [1.807, 2.05) is 6.92 Å². The van der Waals surface area contributed by atoms with Crippen LogP contribution in [0, 0.1) is 0 Å². The fourth-order valence-electron chi connectivity index (χ4n) is 1.41. The van der Waals surface area contributed by atoms with Gasteiger partial charge >= 0.3 is 0 Å². The Morgan fingerprint density at radius 3 is 2.50 bits per heavy atom. The highest BCUT2D eigenvalue weighted by atomic mass is 35.5. The second kappa shape index (κ2) is 5.30. The first-order valence-electron chi connectivity index (χ1n) is 4.91. The Labute approximate surface area is 90.8 Å². The van der Waals surface area contributed by atoms with Crippen molar-refractivity contribution in [2.45, 2.75) is 31.6 Å². The fraction of sp³-hybridized carbons (Fsp3) is 1.00. The van der Waals surface area contributed by atoms with E-state index >= 15 is 0 Å². The summed E-state index contributed by atoms with van der Waals surface area (Å²) in [6.07, 6.45) is 2.59. The minimum absolute atomic E-state index is 0.0104. The highest BCUT2D eigenvalue weighted by molar-refractivity contribution is 7.87. The molecule has 0 aliphatic carbocycles. The third-order valence-electron chi connectivity index (χ3n) is 2.23. The van der Waals surface area contributed by atoms with E-state index in [1.54, 1.807) is 0 Å². The van der Waals surface area contributed by atoms with E-state index in [-0.39, 0.29) is 5.38 Å². The van der Waals surface area contributed by atoms with Crippen molar-refractivity contribution in [3.8, 4) is 0 Å². The molecule has 0 bridgehead atoms. The van der Waals surface area contributed by atoms with Crippen LogP contribution >= 0.6 is 11.6 Å². The lowest BCUT2D eigenvalue weighted by Gasteiger charge is -2.16. The van der Waals surface area contributed by atoms with E-state index in [0.717, 1.165) is 12.8 Å². The summed E-state index contributed by atoms with van der Waals surface area (Å²) in [6, 6.07) is 0. The standard InChI is InChI=1S/C8H17ClN2O2S/c1-8(9)4-5-10-14(12,13)11-6-2-3-7-11/h8,10H,2-7H2,1H3. The molecule has 0 aromatic rings. The van der Waals surface area contributed by atoms with Crippen LogP contribution in [0.25, 0.3) is 0 Å². The molecule has 0 spiro atoms. The minimum Gasteiger partial charge on any atom is -0.202 e. The zero-order chi connectivity index (χ0) is 10.6. The van der Waals surface area contributed by atoms with Crippen LogP contribution in [0.1, 0.15) is 26.2 Å². The third kappa shape index (κ3) is 3.73. The summed E-state index contributed by atoms with van der Waals surface area (Å²) in [6.45, 7) is 3.56. The van der Waals surface area contributed by atoms with Gasteiger partial charge in [0.25, 0.3) is 10.2 Å². The summed E-state index contributed by atoms with van der Waals surface area (Å²) in [7, 11) is -3.23. The van der Waals surface area contributed by atoms with Gasteiger partial charge in [0.05, 0.1) is 0 Å². The van der Waals surface area contributed by atoms with Crippen LogP contribution in [0.15, 0.2) is 0 Å². The minimum atomic E-state index is -3.23. The Morgan fingerprint density at radius 2 is 2.00 bits per heavy atom. The summed E-state index contributed by atoms with van der Waals surface area (Å²) in [5, 5.41) is 0.0104. The second-order valence-corrected chi connectivity index (χ2v) is 6.08. The Kier molecular flexibility index (Phi) is 4.63. The van der Waals surface area contributed by atoms with Gasteiger partial charge in [0.1, 0.15) is 0 Å².